The maximum absolute atomic E-state index is 12.0. The molecule has 0 aromatic heterocycles. The lowest BCUT2D eigenvalue weighted by atomic mass is 9.88. The van der Waals surface area contributed by atoms with Crippen LogP contribution in [0.4, 0.5) is 4.79 Å². The molecule has 1 rings (SSSR count). The number of urea groups is 1. The number of nitrogens with one attached hydrogen (secondary N) is 3. The van der Waals surface area contributed by atoms with E-state index in [-0.39, 0.29) is 17.5 Å². The molecule has 0 heterocycles. The number of unbranched alkanes of at least 4 members (excludes halogenated alkanes) is 2. The first-order chi connectivity index (χ1) is 11.9. The van der Waals surface area contributed by atoms with Gasteiger partial charge in [0.15, 0.2) is 0 Å². The third-order valence-electron chi connectivity index (χ3n) is 5.43. The Balaban J connectivity index is 2.05. The predicted octanol–water partition coefficient (Wildman–Crippen LogP) is 2.67. The molecule has 5 N–H and O–H groups in total. The number of hydrogen-bond acceptors (Lipinski definition) is 3. The highest BCUT2D eigenvalue weighted by molar-refractivity contribution is 5.76. The van der Waals surface area contributed by atoms with Crippen molar-refractivity contribution >= 4 is 11.9 Å². The largest absolute Gasteiger partial charge is 0.349 e. The topological polar surface area (TPSA) is 96.2 Å². The standard InChI is InChI=1S/C19H38N4O2/c1-15(2)19(3,14-20)23-17(24)12-8-5-9-13-21-18(25)22-16-10-6-4-7-11-16/h15-16H,4-14,20H2,1-3H3,(H,23,24)(H2,21,22,25). The summed E-state index contributed by atoms with van der Waals surface area (Å²) in [4.78, 5) is 23.8. The monoisotopic (exact) mass is 354 g/mol. The summed E-state index contributed by atoms with van der Waals surface area (Å²) in [6, 6.07) is 0.288. The van der Waals surface area contributed by atoms with Gasteiger partial charge in [-0.25, -0.2) is 4.79 Å². The highest BCUT2D eigenvalue weighted by atomic mass is 16.2. The first-order valence-corrected chi connectivity index (χ1v) is 9.93. The molecule has 6 nitrogen and oxygen atoms in total. The summed E-state index contributed by atoms with van der Waals surface area (Å²) in [5.41, 5.74) is 5.45. The molecule has 1 atom stereocenters. The molecule has 0 radical (unpaired) electrons. The Morgan fingerprint density at radius 3 is 2.40 bits per heavy atom. The van der Waals surface area contributed by atoms with Crippen molar-refractivity contribution in [1.29, 1.82) is 0 Å². The Morgan fingerprint density at radius 1 is 1.12 bits per heavy atom. The molecule has 0 saturated heterocycles. The van der Waals surface area contributed by atoms with Crippen LogP contribution in [0.15, 0.2) is 0 Å². The van der Waals surface area contributed by atoms with E-state index >= 15 is 0 Å². The van der Waals surface area contributed by atoms with E-state index in [4.69, 9.17) is 5.73 Å². The Kier molecular flexibility index (Phi) is 9.86. The molecule has 3 amide bonds. The van der Waals surface area contributed by atoms with Gasteiger partial charge >= 0.3 is 6.03 Å². The minimum absolute atomic E-state index is 0.0553. The normalized spacial score (nSPS) is 17.8. The summed E-state index contributed by atoms with van der Waals surface area (Å²) in [6.45, 7) is 7.22. The molecule has 146 valence electrons. The molecule has 0 spiro atoms. The summed E-state index contributed by atoms with van der Waals surface area (Å²) in [5.74, 6) is 0.359. The molecule has 25 heavy (non-hydrogen) atoms. The van der Waals surface area contributed by atoms with Crippen LogP contribution in [0.5, 0.6) is 0 Å². The van der Waals surface area contributed by atoms with Crippen LogP contribution >= 0.6 is 0 Å². The number of amides is 3. The van der Waals surface area contributed by atoms with Gasteiger partial charge in [0.2, 0.25) is 5.91 Å². The second kappa shape index (κ2) is 11.3. The van der Waals surface area contributed by atoms with Gasteiger partial charge in [0.25, 0.3) is 0 Å². The molecular formula is C19H38N4O2. The van der Waals surface area contributed by atoms with Gasteiger partial charge in [-0.2, -0.15) is 0 Å². The molecule has 1 aliphatic rings. The van der Waals surface area contributed by atoms with Crippen LogP contribution in [0.3, 0.4) is 0 Å². The minimum atomic E-state index is -0.337. The van der Waals surface area contributed by atoms with Crippen molar-refractivity contribution in [1.82, 2.24) is 16.0 Å². The SMILES string of the molecule is CC(C)C(C)(CN)NC(=O)CCCCCNC(=O)NC1CCCCC1. The molecule has 1 fully saturated rings. The molecule has 0 aliphatic heterocycles. The third kappa shape index (κ3) is 8.56. The van der Waals surface area contributed by atoms with E-state index in [9.17, 15) is 9.59 Å². The molecule has 0 bridgehead atoms. The maximum atomic E-state index is 12.0. The number of rotatable bonds is 10. The molecular weight excluding hydrogens is 316 g/mol. The number of hydrogen-bond donors (Lipinski definition) is 4. The average molecular weight is 355 g/mol. The van der Waals surface area contributed by atoms with Crippen molar-refractivity contribution in [2.75, 3.05) is 13.1 Å². The van der Waals surface area contributed by atoms with Crippen LogP contribution in [0.2, 0.25) is 0 Å². The molecule has 1 aliphatic carbocycles. The summed E-state index contributed by atoms with van der Waals surface area (Å²) in [5, 5.41) is 9.01. The summed E-state index contributed by atoms with van der Waals surface area (Å²) in [6.07, 6.45) is 9.07. The van der Waals surface area contributed by atoms with Crippen molar-refractivity contribution in [3.05, 3.63) is 0 Å². The Labute approximate surface area is 153 Å². The molecule has 0 aromatic rings. The average Bonchev–Trinajstić information content (AvgIpc) is 2.58. The van der Waals surface area contributed by atoms with E-state index in [1.54, 1.807) is 0 Å². The fourth-order valence-corrected chi connectivity index (χ4v) is 3.08. The number of carbonyl (C=O) groups excluding carboxylic acids is 2. The zero-order valence-electron chi connectivity index (χ0n) is 16.3. The fraction of sp³-hybridized carbons (Fsp3) is 0.895. The smallest absolute Gasteiger partial charge is 0.315 e. The summed E-state index contributed by atoms with van der Waals surface area (Å²) >= 11 is 0. The van der Waals surface area contributed by atoms with Gasteiger partial charge in [-0.3, -0.25) is 4.79 Å². The van der Waals surface area contributed by atoms with Crippen LogP contribution < -0.4 is 21.7 Å². The van der Waals surface area contributed by atoms with Gasteiger partial charge < -0.3 is 21.7 Å². The quantitative estimate of drug-likeness (QED) is 0.454. The second-order valence-electron chi connectivity index (χ2n) is 7.87. The van der Waals surface area contributed by atoms with Gasteiger partial charge in [0.05, 0.1) is 5.54 Å². The van der Waals surface area contributed by atoms with Crippen LogP contribution in [0, 0.1) is 5.92 Å². The van der Waals surface area contributed by atoms with Crippen LogP contribution in [-0.4, -0.2) is 36.6 Å². The van der Waals surface area contributed by atoms with Crippen LogP contribution in [0.1, 0.15) is 78.6 Å². The molecule has 6 heteroatoms. The lowest BCUT2D eigenvalue weighted by Crippen LogP contribution is -2.54. The summed E-state index contributed by atoms with van der Waals surface area (Å²) < 4.78 is 0. The zero-order valence-corrected chi connectivity index (χ0v) is 16.3. The van der Waals surface area contributed by atoms with E-state index in [1.165, 1.54) is 19.3 Å². The predicted molar refractivity (Wildman–Crippen MR) is 102 cm³/mol. The van der Waals surface area contributed by atoms with Gasteiger partial charge in [0.1, 0.15) is 0 Å². The van der Waals surface area contributed by atoms with E-state index in [0.717, 1.165) is 32.1 Å². The van der Waals surface area contributed by atoms with Crippen molar-refractivity contribution in [3.63, 3.8) is 0 Å². The van der Waals surface area contributed by atoms with Crippen molar-refractivity contribution in [2.45, 2.75) is 90.1 Å². The number of nitrogens with two attached hydrogens (primary N) is 1. The maximum Gasteiger partial charge on any atom is 0.315 e. The molecule has 0 aromatic carbocycles. The summed E-state index contributed by atoms with van der Waals surface area (Å²) in [7, 11) is 0. The van der Waals surface area contributed by atoms with Crippen LogP contribution in [0.25, 0.3) is 0 Å². The third-order valence-corrected chi connectivity index (χ3v) is 5.43. The fourth-order valence-electron chi connectivity index (χ4n) is 3.08. The second-order valence-corrected chi connectivity index (χ2v) is 7.87. The lowest BCUT2D eigenvalue weighted by molar-refractivity contribution is -0.123. The van der Waals surface area contributed by atoms with E-state index in [1.807, 2.05) is 6.92 Å². The zero-order chi connectivity index (χ0) is 18.7. The van der Waals surface area contributed by atoms with E-state index in [0.29, 0.717) is 31.5 Å². The van der Waals surface area contributed by atoms with Crippen molar-refractivity contribution in [2.24, 2.45) is 11.7 Å². The molecule has 1 saturated carbocycles. The first-order valence-electron chi connectivity index (χ1n) is 9.93. The minimum Gasteiger partial charge on any atom is -0.349 e. The Hall–Kier alpha value is -1.30. The lowest BCUT2D eigenvalue weighted by Gasteiger charge is -2.33. The number of carbonyl (C=O) groups is 2. The Morgan fingerprint density at radius 2 is 1.80 bits per heavy atom. The highest BCUT2D eigenvalue weighted by Gasteiger charge is 2.28. The van der Waals surface area contributed by atoms with E-state index in [2.05, 4.69) is 29.8 Å². The van der Waals surface area contributed by atoms with Crippen molar-refractivity contribution in [3.8, 4) is 0 Å². The van der Waals surface area contributed by atoms with Gasteiger partial charge in [-0.1, -0.05) is 39.5 Å². The molecule has 1 unspecified atom stereocenters. The Bertz CT molecular complexity index is 408. The van der Waals surface area contributed by atoms with Crippen molar-refractivity contribution < 1.29 is 9.59 Å². The van der Waals surface area contributed by atoms with E-state index < -0.39 is 0 Å². The first kappa shape index (κ1) is 21.7. The van der Waals surface area contributed by atoms with Gasteiger partial charge in [-0.15, -0.1) is 0 Å². The highest BCUT2D eigenvalue weighted by Crippen LogP contribution is 2.17. The van der Waals surface area contributed by atoms with Crippen LogP contribution in [-0.2, 0) is 4.79 Å². The van der Waals surface area contributed by atoms with Gasteiger partial charge in [0, 0.05) is 25.6 Å². The van der Waals surface area contributed by atoms with Gasteiger partial charge in [-0.05, 0) is 38.5 Å².